The molecule has 0 spiro atoms. The number of nitrogens with two attached hydrogens (primary N) is 1. The van der Waals surface area contributed by atoms with Crippen molar-refractivity contribution in [1.82, 2.24) is 0 Å². The summed E-state index contributed by atoms with van der Waals surface area (Å²) in [5.41, 5.74) is 4.91. The molecule has 0 atom stereocenters. The van der Waals surface area contributed by atoms with E-state index in [0.29, 0.717) is 19.4 Å². The zero-order valence-electron chi connectivity index (χ0n) is 10.3. The van der Waals surface area contributed by atoms with Gasteiger partial charge in [0.15, 0.2) is 0 Å². The molecule has 0 saturated heterocycles. The lowest BCUT2D eigenvalue weighted by molar-refractivity contribution is 0.450. The molecule has 0 aromatic rings. The van der Waals surface area contributed by atoms with Crippen molar-refractivity contribution in [2.75, 3.05) is 19.0 Å². The minimum absolute atomic E-state index is 0.157. The SMILES string of the molecule is C=CCN.O=S(=O)(O)CCCCCCCCF. The summed E-state index contributed by atoms with van der Waals surface area (Å²) in [5, 5.41) is 0. The molecule has 104 valence electrons. The van der Waals surface area contributed by atoms with Gasteiger partial charge in [-0.2, -0.15) is 8.42 Å². The maximum atomic E-state index is 11.6. The molecule has 6 heteroatoms. The molecule has 0 aromatic heterocycles. The second-order valence-electron chi connectivity index (χ2n) is 3.62. The Morgan fingerprint density at radius 1 is 1.12 bits per heavy atom. The van der Waals surface area contributed by atoms with Gasteiger partial charge in [0, 0.05) is 6.54 Å². The molecule has 0 unspecified atom stereocenters. The van der Waals surface area contributed by atoms with E-state index in [9.17, 15) is 12.8 Å². The van der Waals surface area contributed by atoms with Crippen molar-refractivity contribution in [3.63, 3.8) is 0 Å². The number of rotatable bonds is 9. The van der Waals surface area contributed by atoms with Crippen LogP contribution in [-0.2, 0) is 10.1 Å². The Morgan fingerprint density at radius 2 is 1.53 bits per heavy atom. The van der Waals surface area contributed by atoms with Gasteiger partial charge in [0.1, 0.15) is 0 Å². The fourth-order valence-electron chi connectivity index (χ4n) is 1.09. The molecule has 0 aliphatic carbocycles. The highest BCUT2D eigenvalue weighted by atomic mass is 32.2. The number of unbranched alkanes of at least 4 members (excludes halogenated alkanes) is 5. The highest BCUT2D eigenvalue weighted by molar-refractivity contribution is 7.85. The van der Waals surface area contributed by atoms with Gasteiger partial charge in [0.2, 0.25) is 0 Å². The third-order valence-corrected chi connectivity index (χ3v) is 2.76. The Labute approximate surface area is 104 Å². The molecule has 0 heterocycles. The normalized spacial score (nSPS) is 10.5. The van der Waals surface area contributed by atoms with Crippen molar-refractivity contribution in [1.29, 1.82) is 0 Å². The molecule has 0 aliphatic rings. The maximum Gasteiger partial charge on any atom is 0.264 e. The van der Waals surface area contributed by atoms with Crippen LogP contribution in [0.15, 0.2) is 12.7 Å². The first-order valence-electron chi connectivity index (χ1n) is 5.80. The summed E-state index contributed by atoms with van der Waals surface area (Å²) in [6, 6.07) is 0. The first kappa shape index (κ1) is 18.9. The number of alkyl halides is 1. The van der Waals surface area contributed by atoms with Gasteiger partial charge in [-0.3, -0.25) is 8.94 Å². The average molecular weight is 269 g/mol. The Bertz CT molecular complexity index is 255. The van der Waals surface area contributed by atoms with Crippen molar-refractivity contribution in [3.05, 3.63) is 12.7 Å². The van der Waals surface area contributed by atoms with Gasteiger partial charge in [-0.05, 0) is 12.8 Å². The van der Waals surface area contributed by atoms with E-state index in [2.05, 4.69) is 6.58 Å². The summed E-state index contributed by atoms with van der Waals surface area (Å²) in [6.45, 7) is 3.66. The molecule has 0 radical (unpaired) electrons. The average Bonchev–Trinajstić information content (AvgIpc) is 2.27. The Balaban J connectivity index is 0. The summed E-state index contributed by atoms with van der Waals surface area (Å²) in [6.07, 6.45) is 6.24. The Morgan fingerprint density at radius 3 is 1.88 bits per heavy atom. The van der Waals surface area contributed by atoms with E-state index in [1.54, 1.807) is 6.08 Å². The molecular formula is C11H24FNO3S. The van der Waals surface area contributed by atoms with Gasteiger partial charge < -0.3 is 5.73 Å². The van der Waals surface area contributed by atoms with Crippen molar-refractivity contribution in [2.24, 2.45) is 5.73 Å². The zero-order valence-corrected chi connectivity index (χ0v) is 11.1. The van der Waals surface area contributed by atoms with Crippen LogP contribution in [0.3, 0.4) is 0 Å². The highest BCUT2D eigenvalue weighted by Crippen LogP contribution is 2.06. The van der Waals surface area contributed by atoms with Gasteiger partial charge in [0.05, 0.1) is 12.4 Å². The van der Waals surface area contributed by atoms with Crippen LogP contribution in [0, 0.1) is 0 Å². The third-order valence-electron chi connectivity index (χ3n) is 1.95. The number of halogens is 1. The van der Waals surface area contributed by atoms with Crippen LogP contribution in [0.1, 0.15) is 38.5 Å². The topological polar surface area (TPSA) is 80.4 Å². The smallest absolute Gasteiger partial charge is 0.264 e. The molecule has 0 aliphatic heterocycles. The van der Waals surface area contributed by atoms with E-state index in [0.717, 1.165) is 25.7 Å². The van der Waals surface area contributed by atoms with E-state index in [4.69, 9.17) is 10.3 Å². The summed E-state index contributed by atoms with van der Waals surface area (Å²) in [5.74, 6) is -0.157. The van der Waals surface area contributed by atoms with Crippen LogP contribution in [0.25, 0.3) is 0 Å². The fraction of sp³-hybridized carbons (Fsp3) is 0.818. The summed E-state index contributed by atoms with van der Waals surface area (Å²) in [4.78, 5) is 0. The van der Waals surface area contributed by atoms with Crippen LogP contribution in [0.4, 0.5) is 4.39 Å². The fourth-order valence-corrected chi connectivity index (χ4v) is 1.65. The highest BCUT2D eigenvalue weighted by Gasteiger charge is 2.02. The predicted octanol–water partition coefficient (Wildman–Crippen LogP) is 2.32. The number of hydrogen-bond acceptors (Lipinski definition) is 3. The molecule has 3 N–H and O–H groups in total. The van der Waals surface area contributed by atoms with Crippen molar-refractivity contribution < 1.29 is 17.4 Å². The van der Waals surface area contributed by atoms with E-state index < -0.39 is 10.1 Å². The first-order chi connectivity index (χ1) is 7.97. The maximum absolute atomic E-state index is 11.6. The van der Waals surface area contributed by atoms with Crippen LogP contribution in [0.5, 0.6) is 0 Å². The van der Waals surface area contributed by atoms with E-state index in [1.165, 1.54) is 0 Å². The van der Waals surface area contributed by atoms with Crippen LogP contribution in [0.2, 0.25) is 0 Å². The number of hydrogen-bond donors (Lipinski definition) is 2. The monoisotopic (exact) mass is 269 g/mol. The Hall–Kier alpha value is -0.460. The zero-order chi connectivity index (χ0) is 13.6. The standard InChI is InChI=1S/C8H17FO3S.C3H7N/c9-7-5-3-1-2-4-6-8-13(10,11)12;1-2-3-4/h1-8H2,(H,10,11,12);2H,1,3-4H2. The van der Waals surface area contributed by atoms with Gasteiger partial charge in [-0.25, -0.2) is 0 Å². The van der Waals surface area contributed by atoms with E-state index in [1.807, 2.05) is 0 Å². The molecule has 0 amide bonds. The summed E-state index contributed by atoms with van der Waals surface area (Å²) >= 11 is 0. The second-order valence-corrected chi connectivity index (χ2v) is 5.19. The minimum Gasteiger partial charge on any atom is -0.327 e. The molecule has 0 aromatic carbocycles. The van der Waals surface area contributed by atoms with Crippen molar-refractivity contribution in [2.45, 2.75) is 38.5 Å². The van der Waals surface area contributed by atoms with E-state index in [-0.39, 0.29) is 12.4 Å². The van der Waals surface area contributed by atoms with Crippen LogP contribution >= 0.6 is 0 Å². The molecule has 0 fully saturated rings. The molecule has 0 rings (SSSR count). The lowest BCUT2D eigenvalue weighted by Gasteiger charge is -1.98. The van der Waals surface area contributed by atoms with Gasteiger partial charge >= 0.3 is 0 Å². The molecule has 0 saturated carbocycles. The summed E-state index contributed by atoms with van der Waals surface area (Å²) < 4.78 is 40.5. The van der Waals surface area contributed by atoms with Gasteiger partial charge in [-0.1, -0.05) is 31.8 Å². The van der Waals surface area contributed by atoms with Crippen molar-refractivity contribution >= 4 is 10.1 Å². The lowest BCUT2D eigenvalue weighted by Crippen LogP contribution is -2.03. The molecular weight excluding hydrogens is 245 g/mol. The van der Waals surface area contributed by atoms with Crippen molar-refractivity contribution in [3.8, 4) is 0 Å². The minimum atomic E-state index is -3.78. The second kappa shape index (κ2) is 13.6. The largest absolute Gasteiger partial charge is 0.327 e. The van der Waals surface area contributed by atoms with Crippen LogP contribution < -0.4 is 5.73 Å². The Kier molecular flexibility index (Phi) is 15.1. The lowest BCUT2D eigenvalue weighted by atomic mass is 10.1. The molecule has 0 bridgehead atoms. The summed E-state index contributed by atoms with van der Waals surface area (Å²) in [7, 11) is -3.78. The molecule has 17 heavy (non-hydrogen) atoms. The molecule has 4 nitrogen and oxygen atoms in total. The predicted molar refractivity (Wildman–Crippen MR) is 69.3 cm³/mol. The quantitative estimate of drug-likeness (QED) is 0.382. The van der Waals surface area contributed by atoms with Crippen LogP contribution in [-0.4, -0.2) is 31.9 Å². The van der Waals surface area contributed by atoms with E-state index >= 15 is 0 Å². The third kappa shape index (κ3) is 25.6. The van der Waals surface area contributed by atoms with Gasteiger partial charge in [0.25, 0.3) is 10.1 Å². The van der Waals surface area contributed by atoms with Gasteiger partial charge in [-0.15, -0.1) is 6.58 Å². The first-order valence-corrected chi connectivity index (χ1v) is 7.41.